The summed E-state index contributed by atoms with van der Waals surface area (Å²) in [7, 11) is 1.40. The SMILES string of the molecule is CO[C@H]1[C@H]([C@H](C)OC(C)=O)OC(O)[C@H]1OC(C)=O. The fourth-order valence-electron chi connectivity index (χ4n) is 1.96. The number of methoxy groups -OCH3 is 1. The molecule has 0 saturated carbocycles. The molecule has 0 bridgehead atoms. The van der Waals surface area contributed by atoms with Gasteiger partial charge in [0.15, 0.2) is 12.4 Å². The van der Waals surface area contributed by atoms with Gasteiger partial charge in [0.05, 0.1) is 0 Å². The molecule has 0 aliphatic carbocycles. The van der Waals surface area contributed by atoms with Crippen molar-refractivity contribution < 1.29 is 33.6 Å². The molecule has 1 aliphatic rings. The molecule has 1 fully saturated rings. The molecule has 0 aromatic carbocycles. The van der Waals surface area contributed by atoms with E-state index in [0.717, 1.165) is 0 Å². The summed E-state index contributed by atoms with van der Waals surface area (Å²) in [6, 6.07) is 0. The normalized spacial score (nSPS) is 32.9. The predicted molar refractivity (Wildman–Crippen MR) is 58.5 cm³/mol. The first kappa shape index (κ1) is 14.9. The predicted octanol–water partition coefficient (Wildman–Crippen LogP) is -0.398. The van der Waals surface area contributed by atoms with Gasteiger partial charge in [-0.1, -0.05) is 0 Å². The summed E-state index contributed by atoms with van der Waals surface area (Å²) in [4.78, 5) is 21.8. The molecule has 1 unspecified atom stereocenters. The lowest BCUT2D eigenvalue weighted by Crippen LogP contribution is -2.42. The maximum absolute atomic E-state index is 10.9. The summed E-state index contributed by atoms with van der Waals surface area (Å²) >= 11 is 0. The van der Waals surface area contributed by atoms with Gasteiger partial charge in [-0.3, -0.25) is 9.59 Å². The quantitative estimate of drug-likeness (QED) is 0.689. The molecule has 18 heavy (non-hydrogen) atoms. The summed E-state index contributed by atoms with van der Waals surface area (Å²) < 4.78 is 20.3. The molecule has 0 aromatic rings. The molecule has 7 nitrogen and oxygen atoms in total. The smallest absolute Gasteiger partial charge is 0.303 e. The van der Waals surface area contributed by atoms with E-state index in [9.17, 15) is 14.7 Å². The fraction of sp³-hybridized carbons (Fsp3) is 0.818. The zero-order chi connectivity index (χ0) is 13.9. The Hall–Kier alpha value is -1.18. The van der Waals surface area contributed by atoms with Gasteiger partial charge < -0.3 is 24.1 Å². The van der Waals surface area contributed by atoms with Gasteiger partial charge in [0.2, 0.25) is 0 Å². The van der Waals surface area contributed by atoms with Crippen LogP contribution in [0.1, 0.15) is 20.8 Å². The molecule has 1 aliphatic heterocycles. The Morgan fingerprint density at radius 3 is 2.28 bits per heavy atom. The van der Waals surface area contributed by atoms with Crippen LogP contribution in [-0.2, 0) is 28.5 Å². The van der Waals surface area contributed by atoms with Crippen molar-refractivity contribution in [1.82, 2.24) is 0 Å². The minimum Gasteiger partial charge on any atom is -0.460 e. The number of carbonyl (C=O) groups is 2. The lowest BCUT2D eigenvalue weighted by atomic mass is 10.1. The van der Waals surface area contributed by atoms with Crippen LogP contribution in [0, 0.1) is 0 Å². The van der Waals surface area contributed by atoms with Crippen molar-refractivity contribution in [1.29, 1.82) is 0 Å². The highest BCUT2D eigenvalue weighted by Gasteiger charge is 2.49. The van der Waals surface area contributed by atoms with E-state index in [2.05, 4.69) is 0 Å². The number of hydrogen-bond donors (Lipinski definition) is 1. The van der Waals surface area contributed by atoms with Gasteiger partial charge in [0.1, 0.15) is 18.3 Å². The van der Waals surface area contributed by atoms with Crippen LogP contribution in [-0.4, -0.2) is 54.9 Å². The maximum Gasteiger partial charge on any atom is 0.303 e. The lowest BCUT2D eigenvalue weighted by Gasteiger charge is -2.24. The van der Waals surface area contributed by atoms with Gasteiger partial charge in [-0.15, -0.1) is 0 Å². The van der Waals surface area contributed by atoms with Gasteiger partial charge in [-0.05, 0) is 6.92 Å². The largest absolute Gasteiger partial charge is 0.460 e. The van der Waals surface area contributed by atoms with Crippen LogP contribution in [0.2, 0.25) is 0 Å². The van der Waals surface area contributed by atoms with Crippen molar-refractivity contribution in [2.45, 2.75) is 51.5 Å². The van der Waals surface area contributed by atoms with Crippen molar-refractivity contribution in [3.05, 3.63) is 0 Å². The van der Waals surface area contributed by atoms with E-state index in [-0.39, 0.29) is 0 Å². The number of aliphatic hydroxyl groups is 1. The minimum atomic E-state index is -1.30. The van der Waals surface area contributed by atoms with E-state index in [4.69, 9.17) is 18.9 Å². The highest BCUT2D eigenvalue weighted by atomic mass is 16.7. The minimum absolute atomic E-state index is 0.466. The third kappa shape index (κ3) is 3.41. The van der Waals surface area contributed by atoms with Gasteiger partial charge in [0.25, 0.3) is 0 Å². The number of ether oxygens (including phenoxy) is 4. The number of rotatable bonds is 4. The first-order valence-corrected chi connectivity index (χ1v) is 5.57. The Morgan fingerprint density at radius 1 is 1.22 bits per heavy atom. The molecule has 1 saturated heterocycles. The van der Waals surface area contributed by atoms with E-state index in [1.165, 1.54) is 21.0 Å². The van der Waals surface area contributed by atoms with E-state index in [0.29, 0.717) is 0 Å². The summed E-state index contributed by atoms with van der Waals surface area (Å²) in [5, 5.41) is 9.67. The second-order valence-electron chi connectivity index (χ2n) is 4.08. The van der Waals surface area contributed by atoms with E-state index in [1.807, 2.05) is 0 Å². The number of carbonyl (C=O) groups excluding carboxylic acids is 2. The Balaban J connectivity index is 2.76. The summed E-state index contributed by atoms with van der Waals surface area (Å²) in [6.45, 7) is 4.11. The second-order valence-corrected chi connectivity index (χ2v) is 4.08. The molecule has 0 amide bonds. The molecule has 5 atom stereocenters. The molecule has 1 N–H and O–H groups in total. The van der Waals surface area contributed by atoms with Crippen LogP contribution in [0.25, 0.3) is 0 Å². The fourth-order valence-corrected chi connectivity index (χ4v) is 1.96. The molecule has 0 spiro atoms. The van der Waals surface area contributed by atoms with Crippen LogP contribution in [0.15, 0.2) is 0 Å². The zero-order valence-electron chi connectivity index (χ0n) is 10.8. The average Bonchev–Trinajstić information content (AvgIpc) is 2.54. The second kappa shape index (κ2) is 6.12. The highest BCUT2D eigenvalue weighted by molar-refractivity contribution is 5.66. The highest BCUT2D eigenvalue weighted by Crippen LogP contribution is 2.28. The first-order chi connectivity index (χ1) is 8.36. The number of hydrogen-bond acceptors (Lipinski definition) is 7. The van der Waals surface area contributed by atoms with Crippen LogP contribution in [0.3, 0.4) is 0 Å². The van der Waals surface area contributed by atoms with Crippen molar-refractivity contribution in [3.63, 3.8) is 0 Å². The Morgan fingerprint density at radius 2 is 1.83 bits per heavy atom. The maximum atomic E-state index is 10.9. The lowest BCUT2D eigenvalue weighted by molar-refractivity contribution is -0.176. The molecule has 0 radical (unpaired) electrons. The summed E-state index contributed by atoms with van der Waals surface area (Å²) in [5.41, 5.74) is 0. The van der Waals surface area contributed by atoms with Gasteiger partial charge in [0, 0.05) is 21.0 Å². The first-order valence-electron chi connectivity index (χ1n) is 5.57. The molecule has 1 heterocycles. The Labute approximate surface area is 105 Å². The Bertz CT molecular complexity index is 317. The Kier molecular flexibility index (Phi) is 5.06. The van der Waals surface area contributed by atoms with Crippen molar-refractivity contribution in [3.8, 4) is 0 Å². The number of aliphatic hydroxyl groups excluding tert-OH is 1. The van der Waals surface area contributed by atoms with Crippen LogP contribution >= 0.6 is 0 Å². The molecule has 1 rings (SSSR count). The van der Waals surface area contributed by atoms with E-state index < -0.39 is 42.6 Å². The van der Waals surface area contributed by atoms with Crippen LogP contribution in [0.4, 0.5) is 0 Å². The zero-order valence-corrected chi connectivity index (χ0v) is 10.8. The molecular weight excluding hydrogens is 244 g/mol. The molecular formula is C11H18O7. The molecule has 7 heteroatoms. The van der Waals surface area contributed by atoms with Crippen LogP contribution in [0.5, 0.6) is 0 Å². The van der Waals surface area contributed by atoms with E-state index in [1.54, 1.807) is 6.92 Å². The van der Waals surface area contributed by atoms with Gasteiger partial charge in [-0.2, -0.15) is 0 Å². The van der Waals surface area contributed by atoms with Gasteiger partial charge >= 0.3 is 11.9 Å². The molecule has 104 valence electrons. The standard InChI is InChI=1S/C11H18O7/c1-5(16-6(2)12)8-9(15-4)10(11(14)18-8)17-7(3)13/h5,8-11,14H,1-4H3/t5-,8-,9-,10-,11?/m0/s1. The topological polar surface area (TPSA) is 91.3 Å². The molecule has 0 aromatic heterocycles. The monoisotopic (exact) mass is 262 g/mol. The summed E-state index contributed by atoms with van der Waals surface area (Å²) in [6.07, 6.45) is -4.25. The van der Waals surface area contributed by atoms with Crippen LogP contribution < -0.4 is 0 Å². The van der Waals surface area contributed by atoms with E-state index >= 15 is 0 Å². The summed E-state index contributed by atoms with van der Waals surface area (Å²) in [5.74, 6) is -1.02. The number of esters is 2. The average molecular weight is 262 g/mol. The third-order valence-electron chi connectivity index (χ3n) is 2.61. The van der Waals surface area contributed by atoms with Gasteiger partial charge in [-0.25, -0.2) is 0 Å². The van der Waals surface area contributed by atoms with Crippen molar-refractivity contribution in [2.24, 2.45) is 0 Å². The van der Waals surface area contributed by atoms with Crippen molar-refractivity contribution >= 4 is 11.9 Å². The third-order valence-corrected chi connectivity index (χ3v) is 2.61. The van der Waals surface area contributed by atoms with Crippen molar-refractivity contribution in [2.75, 3.05) is 7.11 Å².